The Balaban J connectivity index is 1.86. The van der Waals surface area contributed by atoms with Crippen LogP contribution in [0.25, 0.3) is 0 Å². The summed E-state index contributed by atoms with van der Waals surface area (Å²) in [6.45, 7) is 1.54. The van der Waals surface area contributed by atoms with Crippen LogP contribution in [0.15, 0.2) is 83.8 Å². The molecule has 3 aromatic carbocycles. The molecule has 3 rings (SSSR count). The Hall–Kier alpha value is -3.23. The molecule has 3 aromatic rings. The zero-order chi connectivity index (χ0) is 23.1. The van der Waals surface area contributed by atoms with Crippen LogP contribution in [-0.4, -0.2) is 51.3 Å². The van der Waals surface area contributed by atoms with E-state index in [2.05, 4.69) is 4.72 Å². The van der Waals surface area contributed by atoms with Crippen LogP contribution in [0.3, 0.4) is 0 Å². The van der Waals surface area contributed by atoms with Crippen molar-refractivity contribution in [3.63, 3.8) is 0 Å². The molecule has 0 aliphatic heterocycles. The predicted octanol–water partition coefficient (Wildman–Crippen LogP) is 3.83. The van der Waals surface area contributed by atoms with Gasteiger partial charge in [0.05, 0.1) is 10.6 Å². The van der Waals surface area contributed by atoms with Crippen molar-refractivity contribution in [2.75, 3.05) is 31.9 Å². The Kier molecular flexibility index (Phi) is 7.61. The Labute approximate surface area is 188 Å². The van der Waals surface area contributed by atoms with E-state index in [9.17, 15) is 17.6 Å². The van der Waals surface area contributed by atoms with Gasteiger partial charge in [-0.05, 0) is 50.0 Å². The van der Waals surface area contributed by atoms with Gasteiger partial charge in [-0.3, -0.25) is 9.52 Å². The zero-order valence-corrected chi connectivity index (χ0v) is 18.8. The summed E-state index contributed by atoms with van der Waals surface area (Å²) in [5, 5.41) is 0. The van der Waals surface area contributed by atoms with Gasteiger partial charge in [0.2, 0.25) is 0 Å². The smallest absolute Gasteiger partial charge is 0.262 e. The number of halogens is 1. The lowest BCUT2D eigenvalue weighted by Crippen LogP contribution is -2.36. The van der Waals surface area contributed by atoms with Crippen molar-refractivity contribution in [2.24, 2.45) is 0 Å². The third-order valence-electron chi connectivity index (χ3n) is 4.83. The van der Waals surface area contributed by atoms with Gasteiger partial charge >= 0.3 is 0 Å². The van der Waals surface area contributed by atoms with Crippen LogP contribution in [-0.2, 0) is 16.6 Å². The molecule has 0 saturated heterocycles. The average molecular weight is 456 g/mol. The second-order valence-corrected chi connectivity index (χ2v) is 9.31. The van der Waals surface area contributed by atoms with Crippen LogP contribution >= 0.6 is 0 Å². The molecule has 0 aliphatic carbocycles. The van der Waals surface area contributed by atoms with E-state index in [-0.39, 0.29) is 22.1 Å². The lowest BCUT2D eigenvalue weighted by atomic mass is 10.1. The molecule has 168 valence electrons. The molecule has 0 spiro atoms. The first kappa shape index (κ1) is 23.4. The topological polar surface area (TPSA) is 69.7 Å². The number of anilines is 1. The first-order valence-electron chi connectivity index (χ1n) is 10.1. The molecule has 0 bridgehead atoms. The van der Waals surface area contributed by atoms with Crippen LogP contribution in [0.4, 0.5) is 10.1 Å². The number of sulfonamides is 1. The van der Waals surface area contributed by atoms with Crippen molar-refractivity contribution in [1.82, 2.24) is 9.80 Å². The fourth-order valence-corrected chi connectivity index (χ4v) is 4.22. The number of hydrogen-bond donors (Lipinski definition) is 1. The van der Waals surface area contributed by atoms with Crippen LogP contribution in [0.1, 0.15) is 15.9 Å². The molecule has 0 fully saturated rings. The molecule has 0 atom stereocenters. The van der Waals surface area contributed by atoms with Crippen LogP contribution in [0.5, 0.6) is 0 Å². The highest BCUT2D eigenvalue weighted by molar-refractivity contribution is 7.92. The van der Waals surface area contributed by atoms with E-state index >= 15 is 0 Å². The van der Waals surface area contributed by atoms with Gasteiger partial charge in [-0.1, -0.05) is 48.5 Å². The number of amides is 1. The zero-order valence-electron chi connectivity index (χ0n) is 18.0. The van der Waals surface area contributed by atoms with Gasteiger partial charge < -0.3 is 9.80 Å². The fourth-order valence-electron chi connectivity index (χ4n) is 3.10. The minimum atomic E-state index is -4.07. The maximum atomic E-state index is 13.9. The highest BCUT2D eigenvalue weighted by Gasteiger charge is 2.21. The number of carbonyl (C=O) groups excluding carboxylic acids is 1. The maximum Gasteiger partial charge on any atom is 0.262 e. The van der Waals surface area contributed by atoms with Crippen LogP contribution in [0.2, 0.25) is 0 Å². The van der Waals surface area contributed by atoms with Crippen molar-refractivity contribution < 1.29 is 17.6 Å². The van der Waals surface area contributed by atoms with Crippen molar-refractivity contribution in [3.05, 3.63) is 95.8 Å². The number of hydrogen-bond acceptors (Lipinski definition) is 4. The summed E-state index contributed by atoms with van der Waals surface area (Å²) in [7, 11) is -0.224. The van der Waals surface area contributed by atoms with Crippen molar-refractivity contribution in [1.29, 1.82) is 0 Å². The average Bonchev–Trinajstić information content (AvgIpc) is 2.78. The fraction of sp³-hybridized carbons (Fsp3) is 0.208. The molecule has 0 aliphatic rings. The number of carbonyl (C=O) groups is 1. The minimum absolute atomic E-state index is 0.112. The molecule has 6 nitrogen and oxygen atoms in total. The second kappa shape index (κ2) is 10.4. The van der Waals surface area contributed by atoms with Crippen LogP contribution < -0.4 is 4.72 Å². The number of benzene rings is 3. The third kappa shape index (κ3) is 6.15. The SMILES string of the molecule is CN(C)CCN(Cc1ccccc1)C(=O)c1cccc(S(=O)(=O)Nc2ccccc2F)c1. The molecule has 1 N–H and O–H groups in total. The van der Waals surface area contributed by atoms with E-state index in [0.29, 0.717) is 19.6 Å². The molecule has 1 amide bonds. The minimum Gasteiger partial charge on any atom is -0.333 e. The Morgan fingerprint density at radius 3 is 2.28 bits per heavy atom. The Morgan fingerprint density at radius 2 is 1.59 bits per heavy atom. The summed E-state index contributed by atoms with van der Waals surface area (Å²) in [5.74, 6) is -0.959. The van der Waals surface area contributed by atoms with Gasteiger partial charge in [-0.2, -0.15) is 0 Å². The van der Waals surface area contributed by atoms with Gasteiger partial charge in [0, 0.05) is 25.2 Å². The molecule has 8 heteroatoms. The summed E-state index contributed by atoms with van der Waals surface area (Å²) in [6.07, 6.45) is 0. The predicted molar refractivity (Wildman–Crippen MR) is 123 cm³/mol. The summed E-state index contributed by atoms with van der Waals surface area (Å²) in [6, 6.07) is 20.9. The molecule has 0 saturated carbocycles. The quantitative estimate of drug-likeness (QED) is 0.532. The van der Waals surface area contributed by atoms with Crippen LogP contribution in [0, 0.1) is 5.82 Å². The summed E-state index contributed by atoms with van der Waals surface area (Å²) >= 11 is 0. The first-order valence-corrected chi connectivity index (χ1v) is 11.6. The number of nitrogens with zero attached hydrogens (tertiary/aromatic N) is 2. The number of rotatable bonds is 9. The van der Waals surface area contributed by atoms with E-state index in [1.165, 1.54) is 42.5 Å². The van der Waals surface area contributed by atoms with E-state index < -0.39 is 15.8 Å². The molecular weight excluding hydrogens is 429 g/mol. The van der Waals surface area contributed by atoms with Gasteiger partial charge in [0.1, 0.15) is 5.82 Å². The first-order chi connectivity index (χ1) is 15.3. The standard InChI is InChI=1S/C24H26FN3O3S/c1-27(2)15-16-28(18-19-9-4-3-5-10-19)24(29)20-11-8-12-21(17-20)32(30,31)26-23-14-7-6-13-22(23)25/h3-14,17,26H,15-16,18H2,1-2H3. The van der Waals surface area contributed by atoms with E-state index in [1.54, 1.807) is 11.0 Å². The van der Waals surface area contributed by atoms with Gasteiger partial charge in [0.25, 0.3) is 15.9 Å². The summed E-state index contributed by atoms with van der Waals surface area (Å²) in [5.41, 5.74) is 1.07. The Morgan fingerprint density at radius 1 is 0.906 bits per heavy atom. The normalized spacial score (nSPS) is 11.4. The molecule has 0 aromatic heterocycles. The number of nitrogens with one attached hydrogen (secondary N) is 1. The molecule has 0 heterocycles. The number of para-hydroxylation sites is 1. The molecule has 0 radical (unpaired) electrons. The van der Waals surface area contributed by atoms with Crippen molar-refractivity contribution >= 4 is 21.6 Å². The lowest BCUT2D eigenvalue weighted by Gasteiger charge is -2.25. The monoisotopic (exact) mass is 455 g/mol. The van der Waals surface area contributed by atoms with E-state index in [0.717, 1.165) is 5.56 Å². The highest BCUT2D eigenvalue weighted by Crippen LogP contribution is 2.20. The number of likely N-dealkylation sites (N-methyl/N-ethyl adjacent to an activating group) is 1. The summed E-state index contributed by atoms with van der Waals surface area (Å²) < 4.78 is 41.7. The molecule has 0 unspecified atom stereocenters. The molecular formula is C24H26FN3O3S. The largest absolute Gasteiger partial charge is 0.333 e. The van der Waals surface area contributed by atoms with Crippen molar-refractivity contribution in [3.8, 4) is 0 Å². The Bertz CT molecular complexity index is 1170. The third-order valence-corrected chi connectivity index (χ3v) is 6.19. The second-order valence-electron chi connectivity index (χ2n) is 7.63. The van der Waals surface area contributed by atoms with Crippen molar-refractivity contribution in [2.45, 2.75) is 11.4 Å². The van der Waals surface area contributed by atoms with Gasteiger partial charge in [-0.25, -0.2) is 12.8 Å². The van der Waals surface area contributed by atoms with E-state index in [1.807, 2.05) is 49.3 Å². The molecule has 32 heavy (non-hydrogen) atoms. The van der Waals surface area contributed by atoms with Gasteiger partial charge in [-0.15, -0.1) is 0 Å². The van der Waals surface area contributed by atoms with E-state index in [4.69, 9.17) is 0 Å². The summed E-state index contributed by atoms with van der Waals surface area (Å²) in [4.78, 5) is 16.8. The maximum absolute atomic E-state index is 13.9. The lowest BCUT2D eigenvalue weighted by molar-refractivity contribution is 0.0731. The van der Waals surface area contributed by atoms with Gasteiger partial charge in [0.15, 0.2) is 0 Å². The highest BCUT2D eigenvalue weighted by atomic mass is 32.2.